The Kier molecular flexibility index (Phi) is 5.19. The number of fused-ring (bicyclic) bond motifs is 1. The van der Waals surface area contributed by atoms with Crippen molar-refractivity contribution in [3.05, 3.63) is 29.3 Å². The Morgan fingerprint density at radius 3 is 2.56 bits per heavy atom. The lowest BCUT2D eigenvalue weighted by atomic mass is 10.1. The summed E-state index contributed by atoms with van der Waals surface area (Å²) in [6.45, 7) is 10.4. The first-order valence-corrected chi connectivity index (χ1v) is 10.1. The van der Waals surface area contributed by atoms with Crippen molar-refractivity contribution in [1.82, 2.24) is 9.80 Å². The lowest BCUT2D eigenvalue weighted by Crippen LogP contribution is -2.47. The molecular formula is C21H29N3O3. The maximum Gasteiger partial charge on any atom is 0.263 e. The fourth-order valence-electron chi connectivity index (χ4n) is 4.42. The van der Waals surface area contributed by atoms with Crippen LogP contribution in [0.2, 0.25) is 0 Å². The van der Waals surface area contributed by atoms with E-state index in [1.54, 1.807) is 6.07 Å². The van der Waals surface area contributed by atoms with Crippen LogP contribution in [0.3, 0.4) is 0 Å². The van der Waals surface area contributed by atoms with E-state index in [1.165, 1.54) is 4.90 Å². The molecule has 3 aliphatic rings. The van der Waals surface area contributed by atoms with Crippen LogP contribution in [0.5, 0.6) is 0 Å². The standard InChI is InChI=1S/C21H29N3O3/c1-15(2)13-22-8-10-23(11-9-22)18-7-3-6-17-19(18)21(26)24(20(17)25)14-16-5-4-12-27-16/h3,6-7,15-16H,4-5,8-14H2,1-2H3. The van der Waals surface area contributed by atoms with Crippen molar-refractivity contribution in [2.45, 2.75) is 32.8 Å². The monoisotopic (exact) mass is 371 g/mol. The minimum Gasteiger partial charge on any atom is -0.376 e. The first kappa shape index (κ1) is 18.4. The van der Waals surface area contributed by atoms with E-state index in [1.807, 2.05) is 12.1 Å². The summed E-state index contributed by atoms with van der Waals surface area (Å²) in [5.41, 5.74) is 2.03. The van der Waals surface area contributed by atoms with Crippen LogP contribution >= 0.6 is 0 Å². The second-order valence-electron chi connectivity index (χ2n) is 8.24. The largest absolute Gasteiger partial charge is 0.376 e. The molecule has 0 aliphatic carbocycles. The number of carbonyl (C=O) groups excluding carboxylic acids is 2. The van der Waals surface area contributed by atoms with Crippen LogP contribution in [0.25, 0.3) is 0 Å². The molecule has 0 saturated carbocycles. The van der Waals surface area contributed by atoms with Crippen molar-refractivity contribution in [2.24, 2.45) is 5.92 Å². The highest BCUT2D eigenvalue weighted by molar-refractivity contribution is 6.23. The number of ether oxygens (including phenoxy) is 1. The zero-order valence-electron chi connectivity index (χ0n) is 16.3. The molecule has 27 heavy (non-hydrogen) atoms. The van der Waals surface area contributed by atoms with Gasteiger partial charge < -0.3 is 9.64 Å². The number of hydrogen-bond donors (Lipinski definition) is 0. The minimum absolute atomic E-state index is 0.0183. The fraction of sp³-hybridized carbons (Fsp3) is 0.619. The normalized spacial score (nSPS) is 23.6. The molecule has 3 aliphatic heterocycles. The van der Waals surface area contributed by atoms with E-state index in [2.05, 4.69) is 23.6 Å². The second kappa shape index (κ2) is 7.60. The predicted octanol–water partition coefficient (Wildman–Crippen LogP) is 2.24. The number of amides is 2. The molecule has 0 bridgehead atoms. The van der Waals surface area contributed by atoms with Gasteiger partial charge in [0.1, 0.15) is 0 Å². The Morgan fingerprint density at radius 1 is 1.11 bits per heavy atom. The van der Waals surface area contributed by atoms with Gasteiger partial charge in [0, 0.05) is 39.3 Å². The van der Waals surface area contributed by atoms with Gasteiger partial charge in [-0.25, -0.2) is 0 Å². The topological polar surface area (TPSA) is 53.1 Å². The molecule has 4 rings (SSSR count). The van der Waals surface area contributed by atoms with Crippen LogP contribution in [0.4, 0.5) is 5.69 Å². The van der Waals surface area contributed by atoms with Gasteiger partial charge in [-0.1, -0.05) is 19.9 Å². The number of nitrogens with zero attached hydrogens (tertiary/aromatic N) is 3. The summed E-state index contributed by atoms with van der Waals surface area (Å²) >= 11 is 0. The predicted molar refractivity (Wildman–Crippen MR) is 104 cm³/mol. The highest BCUT2D eigenvalue weighted by atomic mass is 16.5. The zero-order valence-corrected chi connectivity index (χ0v) is 16.3. The quantitative estimate of drug-likeness (QED) is 0.743. The molecule has 6 nitrogen and oxygen atoms in total. The van der Waals surface area contributed by atoms with Crippen LogP contribution in [-0.2, 0) is 4.74 Å². The van der Waals surface area contributed by atoms with Crippen molar-refractivity contribution >= 4 is 17.5 Å². The number of hydrogen-bond acceptors (Lipinski definition) is 5. The van der Waals surface area contributed by atoms with Crippen LogP contribution in [-0.4, -0.2) is 73.6 Å². The average Bonchev–Trinajstić information content (AvgIpc) is 3.25. The molecule has 1 atom stereocenters. The van der Waals surface area contributed by atoms with Crippen LogP contribution in [0, 0.1) is 5.92 Å². The Hall–Kier alpha value is -1.92. The van der Waals surface area contributed by atoms with Crippen molar-refractivity contribution < 1.29 is 14.3 Å². The molecule has 2 fully saturated rings. The van der Waals surface area contributed by atoms with Gasteiger partial charge in [-0.2, -0.15) is 0 Å². The van der Waals surface area contributed by atoms with Crippen molar-refractivity contribution in [3.63, 3.8) is 0 Å². The highest BCUT2D eigenvalue weighted by Gasteiger charge is 2.40. The van der Waals surface area contributed by atoms with Gasteiger partial charge in [-0.3, -0.25) is 19.4 Å². The Balaban J connectivity index is 1.51. The van der Waals surface area contributed by atoms with Crippen molar-refractivity contribution in [3.8, 4) is 0 Å². The molecule has 2 saturated heterocycles. The number of anilines is 1. The summed E-state index contributed by atoms with van der Waals surface area (Å²) in [4.78, 5) is 32.0. The molecule has 1 aromatic carbocycles. The second-order valence-corrected chi connectivity index (χ2v) is 8.24. The summed E-state index contributed by atoms with van der Waals surface area (Å²) in [6, 6.07) is 5.66. The molecule has 0 N–H and O–H groups in total. The Labute approximate surface area is 161 Å². The van der Waals surface area contributed by atoms with Gasteiger partial charge >= 0.3 is 0 Å². The number of piperazine rings is 1. The number of rotatable bonds is 5. The molecule has 0 spiro atoms. The first-order chi connectivity index (χ1) is 13.0. The number of carbonyl (C=O) groups is 2. The summed E-state index contributed by atoms with van der Waals surface area (Å²) in [6.07, 6.45) is 1.90. The lowest BCUT2D eigenvalue weighted by molar-refractivity contribution is 0.0475. The zero-order chi connectivity index (χ0) is 19.0. The molecule has 3 heterocycles. The van der Waals surface area contributed by atoms with Crippen LogP contribution < -0.4 is 4.90 Å². The highest BCUT2D eigenvalue weighted by Crippen LogP contribution is 2.33. The summed E-state index contributed by atoms with van der Waals surface area (Å²) < 4.78 is 5.64. The third-order valence-corrected chi connectivity index (χ3v) is 5.72. The maximum atomic E-state index is 13.1. The van der Waals surface area contributed by atoms with Gasteiger partial charge in [-0.05, 0) is 30.9 Å². The third-order valence-electron chi connectivity index (χ3n) is 5.72. The molecule has 146 valence electrons. The average molecular weight is 371 g/mol. The van der Waals surface area contributed by atoms with E-state index in [0.717, 1.165) is 57.9 Å². The van der Waals surface area contributed by atoms with Crippen molar-refractivity contribution in [1.29, 1.82) is 0 Å². The van der Waals surface area contributed by atoms with E-state index < -0.39 is 0 Å². The third kappa shape index (κ3) is 3.60. The summed E-state index contributed by atoms with van der Waals surface area (Å²) in [5, 5.41) is 0. The number of benzene rings is 1. The lowest BCUT2D eigenvalue weighted by Gasteiger charge is -2.37. The molecule has 2 amide bonds. The van der Waals surface area contributed by atoms with E-state index in [9.17, 15) is 9.59 Å². The van der Waals surface area contributed by atoms with E-state index in [-0.39, 0.29) is 17.9 Å². The molecular weight excluding hydrogens is 342 g/mol. The Bertz CT molecular complexity index is 719. The van der Waals surface area contributed by atoms with Gasteiger partial charge in [0.2, 0.25) is 0 Å². The smallest absolute Gasteiger partial charge is 0.263 e. The minimum atomic E-state index is -0.175. The molecule has 6 heteroatoms. The van der Waals surface area contributed by atoms with Crippen LogP contribution in [0.15, 0.2) is 18.2 Å². The Morgan fingerprint density at radius 2 is 1.89 bits per heavy atom. The van der Waals surface area contributed by atoms with Crippen LogP contribution in [0.1, 0.15) is 47.4 Å². The summed E-state index contributed by atoms with van der Waals surface area (Å²) in [7, 11) is 0. The molecule has 1 aromatic rings. The van der Waals surface area contributed by atoms with Gasteiger partial charge in [0.15, 0.2) is 0 Å². The molecule has 1 unspecified atom stereocenters. The summed E-state index contributed by atoms with van der Waals surface area (Å²) in [5.74, 6) is 0.319. The SMILES string of the molecule is CC(C)CN1CCN(c2cccc3c2C(=O)N(CC2CCCO2)C3=O)CC1. The van der Waals surface area contributed by atoms with E-state index in [4.69, 9.17) is 4.74 Å². The van der Waals surface area contributed by atoms with Gasteiger partial charge in [0.05, 0.1) is 29.5 Å². The molecule has 0 radical (unpaired) electrons. The van der Waals surface area contributed by atoms with E-state index in [0.29, 0.717) is 23.6 Å². The molecule has 0 aromatic heterocycles. The van der Waals surface area contributed by atoms with Gasteiger partial charge in [-0.15, -0.1) is 0 Å². The van der Waals surface area contributed by atoms with Crippen molar-refractivity contribution in [2.75, 3.05) is 50.8 Å². The van der Waals surface area contributed by atoms with E-state index >= 15 is 0 Å². The first-order valence-electron chi connectivity index (χ1n) is 10.1. The fourth-order valence-corrected chi connectivity index (χ4v) is 4.42. The number of imide groups is 1. The van der Waals surface area contributed by atoms with Gasteiger partial charge in [0.25, 0.3) is 11.8 Å². The maximum absolute atomic E-state index is 13.1.